The lowest BCUT2D eigenvalue weighted by Gasteiger charge is -2.37. The molecule has 1 aliphatic heterocycles. The molecule has 2 N–H and O–H groups in total. The third-order valence-corrected chi connectivity index (χ3v) is 3.42. The van der Waals surface area contributed by atoms with Crippen molar-refractivity contribution in [2.24, 2.45) is 12.8 Å². The quantitative estimate of drug-likeness (QED) is 0.811. The zero-order chi connectivity index (χ0) is 11.5. The summed E-state index contributed by atoms with van der Waals surface area (Å²) in [7, 11) is 1.99. The Labute approximate surface area is 96.6 Å². The Morgan fingerprint density at radius 2 is 2.38 bits per heavy atom. The Kier molecular flexibility index (Phi) is 3.56. The van der Waals surface area contributed by atoms with Crippen LogP contribution in [0.4, 0.5) is 0 Å². The number of aromatic nitrogens is 3. The van der Waals surface area contributed by atoms with Crippen molar-refractivity contribution >= 4 is 0 Å². The third-order valence-electron chi connectivity index (χ3n) is 3.42. The molecule has 0 radical (unpaired) electrons. The van der Waals surface area contributed by atoms with E-state index in [0.717, 1.165) is 18.9 Å². The van der Waals surface area contributed by atoms with Gasteiger partial charge in [-0.15, -0.1) is 10.2 Å². The van der Waals surface area contributed by atoms with Gasteiger partial charge in [0.2, 0.25) is 0 Å². The van der Waals surface area contributed by atoms with Crippen molar-refractivity contribution in [2.45, 2.75) is 44.8 Å². The van der Waals surface area contributed by atoms with Gasteiger partial charge in [0, 0.05) is 19.1 Å². The lowest BCUT2D eigenvalue weighted by Crippen LogP contribution is -2.48. The third kappa shape index (κ3) is 2.41. The summed E-state index contributed by atoms with van der Waals surface area (Å²) in [5.74, 6) is 1.02. The summed E-state index contributed by atoms with van der Waals surface area (Å²) in [6, 6.07) is 0.721. The van der Waals surface area contributed by atoms with E-state index in [9.17, 15) is 0 Å². The Bertz CT molecular complexity index is 333. The summed E-state index contributed by atoms with van der Waals surface area (Å²) < 4.78 is 1.98. The molecule has 0 aromatic carbocycles. The van der Waals surface area contributed by atoms with Crippen molar-refractivity contribution in [2.75, 3.05) is 6.54 Å². The van der Waals surface area contributed by atoms with Crippen LogP contribution in [0.2, 0.25) is 0 Å². The van der Waals surface area contributed by atoms with E-state index in [-0.39, 0.29) is 6.04 Å². The SMILES string of the molecule is CC(N)C1CCCCN1Cc1nncn1C. The highest BCUT2D eigenvalue weighted by atomic mass is 15.3. The zero-order valence-electron chi connectivity index (χ0n) is 10.1. The number of piperidine rings is 1. The predicted molar refractivity (Wildman–Crippen MR) is 62.7 cm³/mol. The molecule has 5 heteroatoms. The number of hydrogen-bond donors (Lipinski definition) is 1. The van der Waals surface area contributed by atoms with Crippen LogP contribution >= 0.6 is 0 Å². The number of aryl methyl sites for hydroxylation is 1. The smallest absolute Gasteiger partial charge is 0.146 e. The number of rotatable bonds is 3. The lowest BCUT2D eigenvalue weighted by atomic mass is 9.97. The minimum absolute atomic E-state index is 0.230. The minimum Gasteiger partial charge on any atom is -0.327 e. The molecule has 1 saturated heterocycles. The monoisotopic (exact) mass is 223 g/mol. The molecule has 0 saturated carbocycles. The fourth-order valence-corrected chi connectivity index (χ4v) is 2.44. The van der Waals surface area contributed by atoms with Crippen LogP contribution in [0.15, 0.2) is 6.33 Å². The molecule has 1 fully saturated rings. The highest BCUT2D eigenvalue weighted by Crippen LogP contribution is 2.20. The molecule has 5 nitrogen and oxygen atoms in total. The maximum absolute atomic E-state index is 6.04. The average molecular weight is 223 g/mol. The van der Waals surface area contributed by atoms with Crippen molar-refractivity contribution in [3.8, 4) is 0 Å². The summed E-state index contributed by atoms with van der Waals surface area (Å²) >= 11 is 0. The molecule has 2 unspecified atom stereocenters. The van der Waals surface area contributed by atoms with Crippen LogP contribution in [-0.4, -0.2) is 38.3 Å². The highest BCUT2D eigenvalue weighted by Gasteiger charge is 2.26. The van der Waals surface area contributed by atoms with Crippen LogP contribution in [0.3, 0.4) is 0 Å². The predicted octanol–water partition coefficient (Wildman–Crippen LogP) is 0.517. The van der Waals surface area contributed by atoms with Crippen LogP contribution in [0.1, 0.15) is 32.0 Å². The normalized spacial score (nSPS) is 24.6. The van der Waals surface area contributed by atoms with E-state index in [1.54, 1.807) is 6.33 Å². The number of likely N-dealkylation sites (tertiary alicyclic amines) is 1. The first-order chi connectivity index (χ1) is 7.68. The van der Waals surface area contributed by atoms with Gasteiger partial charge in [0.05, 0.1) is 6.54 Å². The van der Waals surface area contributed by atoms with Gasteiger partial charge >= 0.3 is 0 Å². The van der Waals surface area contributed by atoms with Gasteiger partial charge in [-0.25, -0.2) is 0 Å². The van der Waals surface area contributed by atoms with Crippen LogP contribution in [0, 0.1) is 0 Å². The molecule has 16 heavy (non-hydrogen) atoms. The molecule has 0 amide bonds. The highest BCUT2D eigenvalue weighted by molar-refractivity contribution is 4.90. The van der Waals surface area contributed by atoms with E-state index < -0.39 is 0 Å². The fraction of sp³-hybridized carbons (Fsp3) is 0.818. The maximum atomic E-state index is 6.04. The summed E-state index contributed by atoms with van der Waals surface area (Å²) in [4.78, 5) is 2.44. The standard InChI is InChI=1S/C11H21N5/c1-9(12)10-5-3-4-6-16(10)7-11-14-13-8-15(11)2/h8-10H,3-7,12H2,1-2H3. The number of hydrogen-bond acceptors (Lipinski definition) is 4. The molecular formula is C11H21N5. The van der Waals surface area contributed by atoms with E-state index in [4.69, 9.17) is 5.73 Å². The average Bonchev–Trinajstić information content (AvgIpc) is 2.65. The van der Waals surface area contributed by atoms with Gasteiger partial charge < -0.3 is 10.3 Å². The molecule has 0 spiro atoms. The Morgan fingerprint density at radius 1 is 1.56 bits per heavy atom. The first-order valence-electron chi connectivity index (χ1n) is 6.01. The van der Waals surface area contributed by atoms with Gasteiger partial charge in [-0.2, -0.15) is 0 Å². The Hall–Kier alpha value is -0.940. The van der Waals surface area contributed by atoms with Crippen molar-refractivity contribution in [3.63, 3.8) is 0 Å². The van der Waals surface area contributed by atoms with Gasteiger partial charge in [-0.1, -0.05) is 6.42 Å². The van der Waals surface area contributed by atoms with E-state index in [1.807, 2.05) is 11.6 Å². The first kappa shape index (κ1) is 11.5. The van der Waals surface area contributed by atoms with Crippen molar-refractivity contribution < 1.29 is 0 Å². The van der Waals surface area contributed by atoms with Gasteiger partial charge in [0.15, 0.2) is 0 Å². The maximum Gasteiger partial charge on any atom is 0.146 e. The largest absolute Gasteiger partial charge is 0.327 e. The molecule has 0 bridgehead atoms. The van der Waals surface area contributed by atoms with Crippen molar-refractivity contribution in [3.05, 3.63) is 12.2 Å². The Morgan fingerprint density at radius 3 is 3.00 bits per heavy atom. The van der Waals surface area contributed by atoms with Crippen LogP contribution in [0.25, 0.3) is 0 Å². The van der Waals surface area contributed by atoms with Crippen LogP contribution in [0.5, 0.6) is 0 Å². The van der Waals surface area contributed by atoms with Crippen LogP contribution < -0.4 is 5.73 Å². The van der Waals surface area contributed by atoms with E-state index in [1.165, 1.54) is 19.3 Å². The van der Waals surface area contributed by atoms with Gasteiger partial charge in [-0.3, -0.25) is 4.90 Å². The molecule has 1 aromatic rings. The molecule has 1 aromatic heterocycles. The van der Waals surface area contributed by atoms with E-state index in [0.29, 0.717) is 6.04 Å². The van der Waals surface area contributed by atoms with Gasteiger partial charge in [0.1, 0.15) is 12.2 Å². The molecule has 2 rings (SSSR count). The zero-order valence-corrected chi connectivity index (χ0v) is 10.1. The van der Waals surface area contributed by atoms with Crippen molar-refractivity contribution in [1.29, 1.82) is 0 Å². The molecule has 1 aliphatic rings. The molecule has 0 aliphatic carbocycles. The lowest BCUT2D eigenvalue weighted by molar-refractivity contribution is 0.118. The summed E-state index contributed by atoms with van der Waals surface area (Å²) in [5, 5.41) is 8.05. The molecule has 2 atom stereocenters. The van der Waals surface area contributed by atoms with E-state index in [2.05, 4.69) is 22.0 Å². The molecular weight excluding hydrogens is 202 g/mol. The van der Waals surface area contributed by atoms with E-state index >= 15 is 0 Å². The second-order valence-corrected chi connectivity index (χ2v) is 4.75. The number of nitrogens with zero attached hydrogens (tertiary/aromatic N) is 4. The summed E-state index contributed by atoms with van der Waals surface area (Å²) in [6.45, 7) is 4.08. The van der Waals surface area contributed by atoms with Crippen LogP contribution in [-0.2, 0) is 13.6 Å². The Balaban J connectivity index is 2.04. The second-order valence-electron chi connectivity index (χ2n) is 4.75. The summed E-state index contributed by atoms with van der Waals surface area (Å²) in [6.07, 6.45) is 5.51. The fourth-order valence-electron chi connectivity index (χ4n) is 2.44. The summed E-state index contributed by atoms with van der Waals surface area (Å²) in [5.41, 5.74) is 6.04. The second kappa shape index (κ2) is 4.93. The van der Waals surface area contributed by atoms with Gasteiger partial charge in [0.25, 0.3) is 0 Å². The van der Waals surface area contributed by atoms with Crippen molar-refractivity contribution in [1.82, 2.24) is 19.7 Å². The minimum atomic E-state index is 0.230. The first-order valence-corrected chi connectivity index (χ1v) is 6.01. The molecule has 2 heterocycles. The molecule has 90 valence electrons. The number of nitrogens with two attached hydrogens (primary N) is 1. The van der Waals surface area contributed by atoms with Gasteiger partial charge in [-0.05, 0) is 26.3 Å². The topological polar surface area (TPSA) is 60.0 Å².